The molecule has 22 heavy (non-hydrogen) atoms. The highest BCUT2D eigenvalue weighted by Gasteiger charge is 2.10. The first-order valence-electron chi connectivity index (χ1n) is 6.90. The number of nitrogens with one attached hydrogen (secondary N) is 2. The maximum Gasteiger partial charge on any atom is 0.251 e. The monoisotopic (exact) mass is 298 g/mol. The number of phenolic OH excluding ortho intramolecular Hbond substituents is 1. The second-order valence-corrected chi connectivity index (χ2v) is 5.12. The summed E-state index contributed by atoms with van der Waals surface area (Å²) in [6.07, 6.45) is 0. The van der Waals surface area contributed by atoms with E-state index in [-0.39, 0.29) is 18.2 Å². The van der Waals surface area contributed by atoms with Crippen LogP contribution in [0.25, 0.3) is 0 Å². The molecule has 2 amide bonds. The van der Waals surface area contributed by atoms with Crippen LogP contribution in [0.15, 0.2) is 42.5 Å². The Bertz CT molecular complexity index is 691. The number of amides is 2. The number of hydrogen-bond acceptors (Lipinski definition) is 3. The number of carbonyl (C=O) groups is 2. The van der Waals surface area contributed by atoms with Gasteiger partial charge in [-0.15, -0.1) is 0 Å². The predicted molar refractivity (Wildman–Crippen MR) is 85.0 cm³/mol. The maximum absolute atomic E-state index is 12.0. The minimum absolute atomic E-state index is 0.0171. The van der Waals surface area contributed by atoms with Crippen LogP contribution in [0.2, 0.25) is 0 Å². The molecule has 2 aromatic carbocycles. The third-order valence-corrected chi connectivity index (χ3v) is 3.07. The standard InChI is InChI=1S/C17H18N2O3/c1-11-7-12(2)9-13(8-11)17(22)18-10-16(21)19-14-5-3-4-6-15(14)20/h3-9,20H,10H2,1-2H3,(H,18,22)(H,19,21). The highest BCUT2D eigenvalue weighted by atomic mass is 16.3. The zero-order valence-electron chi connectivity index (χ0n) is 12.5. The van der Waals surface area contributed by atoms with E-state index in [1.165, 1.54) is 6.07 Å². The molecule has 0 fully saturated rings. The van der Waals surface area contributed by atoms with Gasteiger partial charge >= 0.3 is 0 Å². The van der Waals surface area contributed by atoms with Crippen LogP contribution in [0.1, 0.15) is 21.5 Å². The first-order chi connectivity index (χ1) is 10.5. The van der Waals surface area contributed by atoms with E-state index in [0.717, 1.165) is 11.1 Å². The van der Waals surface area contributed by atoms with Crippen LogP contribution in [0.5, 0.6) is 5.75 Å². The van der Waals surface area contributed by atoms with Crippen LogP contribution in [-0.4, -0.2) is 23.5 Å². The van der Waals surface area contributed by atoms with Crippen LogP contribution in [0.4, 0.5) is 5.69 Å². The van der Waals surface area contributed by atoms with Gasteiger partial charge in [0.25, 0.3) is 5.91 Å². The molecule has 0 spiro atoms. The fourth-order valence-electron chi connectivity index (χ4n) is 2.14. The molecule has 0 saturated heterocycles. The number of aromatic hydroxyl groups is 1. The van der Waals surface area contributed by atoms with Crippen molar-refractivity contribution in [3.8, 4) is 5.75 Å². The van der Waals surface area contributed by atoms with Crippen LogP contribution < -0.4 is 10.6 Å². The average Bonchev–Trinajstić information content (AvgIpc) is 2.46. The molecular weight excluding hydrogens is 280 g/mol. The first-order valence-corrected chi connectivity index (χ1v) is 6.90. The van der Waals surface area contributed by atoms with Crippen LogP contribution in [0.3, 0.4) is 0 Å². The molecule has 0 heterocycles. The third kappa shape index (κ3) is 4.09. The predicted octanol–water partition coefficient (Wildman–Crippen LogP) is 2.38. The summed E-state index contributed by atoms with van der Waals surface area (Å²) in [5, 5.41) is 14.7. The number of hydrogen-bond donors (Lipinski definition) is 3. The summed E-state index contributed by atoms with van der Waals surface area (Å²) in [7, 11) is 0. The second kappa shape index (κ2) is 6.76. The number of carbonyl (C=O) groups excluding carboxylic acids is 2. The second-order valence-electron chi connectivity index (χ2n) is 5.12. The van der Waals surface area contributed by atoms with Gasteiger partial charge in [-0.25, -0.2) is 0 Å². The Hall–Kier alpha value is -2.82. The lowest BCUT2D eigenvalue weighted by Crippen LogP contribution is -2.32. The molecule has 0 aliphatic carbocycles. The fourth-order valence-corrected chi connectivity index (χ4v) is 2.14. The number of aryl methyl sites for hydroxylation is 2. The Balaban J connectivity index is 1.93. The van der Waals surface area contributed by atoms with Gasteiger partial charge in [0.1, 0.15) is 5.75 Å². The number of rotatable bonds is 4. The van der Waals surface area contributed by atoms with Crippen molar-refractivity contribution in [1.82, 2.24) is 5.32 Å². The summed E-state index contributed by atoms with van der Waals surface area (Å²) in [5.41, 5.74) is 2.81. The Morgan fingerprint density at radius 2 is 1.68 bits per heavy atom. The van der Waals surface area contributed by atoms with Gasteiger partial charge in [0, 0.05) is 5.56 Å². The van der Waals surface area contributed by atoms with Gasteiger partial charge in [-0.1, -0.05) is 29.3 Å². The van der Waals surface area contributed by atoms with Gasteiger partial charge in [0.2, 0.25) is 5.91 Å². The quantitative estimate of drug-likeness (QED) is 0.758. The molecule has 114 valence electrons. The van der Waals surface area contributed by atoms with Gasteiger partial charge < -0.3 is 15.7 Å². The Morgan fingerprint density at radius 3 is 2.32 bits per heavy atom. The molecule has 2 aromatic rings. The lowest BCUT2D eigenvalue weighted by molar-refractivity contribution is -0.115. The van der Waals surface area contributed by atoms with Crippen molar-refractivity contribution >= 4 is 17.5 Å². The summed E-state index contributed by atoms with van der Waals surface area (Å²) in [5.74, 6) is -0.727. The smallest absolute Gasteiger partial charge is 0.251 e. The SMILES string of the molecule is Cc1cc(C)cc(C(=O)NCC(=O)Nc2ccccc2O)c1. The Kier molecular flexibility index (Phi) is 4.78. The number of phenols is 1. The highest BCUT2D eigenvalue weighted by molar-refractivity contribution is 5.99. The fraction of sp³-hybridized carbons (Fsp3) is 0.176. The number of para-hydroxylation sites is 2. The largest absolute Gasteiger partial charge is 0.506 e. The normalized spacial score (nSPS) is 10.1. The van der Waals surface area contributed by atoms with Crippen molar-refractivity contribution in [3.63, 3.8) is 0 Å². The Labute approximate surface area is 129 Å². The summed E-state index contributed by atoms with van der Waals surface area (Å²) >= 11 is 0. The van der Waals surface area contributed by atoms with Gasteiger partial charge in [0.05, 0.1) is 12.2 Å². The van der Waals surface area contributed by atoms with Gasteiger partial charge in [-0.2, -0.15) is 0 Å². The molecule has 2 rings (SSSR count). The zero-order chi connectivity index (χ0) is 16.1. The number of benzene rings is 2. The van der Waals surface area contributed by atoms with E-state index in [1.54, 1.807) is 30.3 Å². The van der Waals surface area contributed by atoms with E-state index >= 15 is 0 Å². The molecule has 0 aliphatic rings. The molecule has 0 radical (unpaired) electrons. The van der Waals surface area contributed by atoms with Crippen LogP contribution >= 0.6 is 0 Å². The average molecular weight is 298 g/mol. The summed E-state index contributed by atoms with van der Waals surface area (Å²) in [4.78, 5) is 23.8. The molecule has 5 heteroatoms. The lowest BCUT2D eigenvalue weighted by atomic mass is 10.1. The van der Waals surface area contributed by atoms with Crippen molar-refractivity contribution in [2.45, 2.75) is 13.8 Å². The van der Waals surface area contributed by atoms with Gasteiger partial charge in [-0.05, 0) is 38.1 Å². The summed E-state index contributed by atoms with van der Waals surface area (Å²) in [6, 6.07) is 11.9. The minimum atomic E-state index is -0.403. The van der Waals surface area contributed by atoms with Crippen molar-refractivity contribution in [2.75, 3.05) is 11.9 Å². The molecule has 0 atom stereocenters. The molecule has 0 saturated carbocycles. The highest BCUT2D eigenvalue weighted by Crippen LogP contribution is 2.21. The third-order valence-electron chi connectivity index (χ3n) is 3.07. The Morgan fingerprint density at radius 1 is 1.05 bits per heavy atom. The topological polar surface area (TPSA) is 78.4 Å². The van der Waals surface area contributed by atoms with E-state index in [9.17, 15) is 14.7 Å². The van der Waals surface area contributed by atoms with E-state index in [1.807, 2.05) is 19.9 Å². The maximum atomic E-state index is 12.0. The first kappa shape index (κ1) is 15.6. The van der Waals surface area contributed by atoms with Crippen molar-refractivity contribution in [1.29, 1.82) is 0 Å². The van der Waals surface area contributed by atoms with Crippen molar-refractivity contribution in [2.24, 2.45) is 0 Å². The molecule has 0 bridgehead atoms. The van der Waals surface area contributed by atoms with E-state index in [0.29, 0.717) is 11.3 Å². The molecule has 0 aliphatic heterocycles. The van der Waals surface area contributed by atoms with E-state index < -0.39 is 5.91 Å². The van der Waals surface area contributed by atoms with Gasteiger partial charge in [0.15, 0.2) is 0 Å². The van der Waals surface area contributed by atoms with Crippen LogP contribution in [-0.2, 0) is 4.79 Å². The zero-order valence-corrected chi connectivity index (χ0v) is 12.5. The van der Waals surface area contributed by atoms with Crippen molar-refractivity contribution < 1.29 is 14.7 Å². The molecular formula is C17H18N2O3. The van der Waals surface area contributed by atoms with Crippen LogP contribution in [0, 0.1) is 13.8 Å². The van der Waals surface area contributed by atoms with Gasteiger partial charge in [-0.3, -0.25) is 9.59 Å². The molecule has 3 N–H and O–H groups in total. The lowest BCUT2D eigenvalue weighted by Gasteiger charge is -2.09. The molecule has 0 unspecified atom stereocenters. The summed E-state index contributed by atoms with van der Waals surface area (Å²) in [6.45, 7) is 3.66. The van der Waals surface area contributed by atoms with Crippen molar-refractivity contribution in [3.05, 3.63) is 59.2 Å². The van der Waals surface area contributed by atoms with E-state index in [4.69, 9.17) is 0 Å². The summed E-state index contributed by atoms with van der Waals surface area (Å²) < 4.78 is 0. The number of anilines is 1. The molecule has 0 aromatic heterocycles. The van der Waals surface area contributed by atoms with E-state index in [2.05, 4.69) is 10.6 Å². The minimum Gasteiger partial charge on any atom is -0.506 e. The molecule has 5 nitrogen and oxygen atoms in total.